The van der Waals surface area contributed by atoms with E-state index in [4.69, 9.17) is 18.4 Å². The normalized spacial score (nSPS) is 23.8. The lowest BCUT2D eigenvalue weighted by Gasteiger charge is -2.58. The summed E-state index contributed by atoms with van der Waals surface area (Å²) in [6.07, 6.45) is 9.67. The smallest absolute Gasteiger partial charge is 0.348 e. The van der Waals surface area contributed by atoms with E-state index in [2.05, 4.69) is 22.0 Å². The molecular formula is C30H33BrO6S2. The number of halogens is 1. The van der Waals surface area contributed by atoms with Crippen molar-refractivity contribution in [2.45, 2.75) is 73.0 Å². The van der Waals surface area contributed by atoms with Crippen LogP contribution in [-0.2, 0) is 21.1 Å². The molecule has 6 nitrogen and oxygen atoms in total. The van der Waals surface area contributed by atoms with Crippen LogP contribution in [0.2, 0.25) is 0 Å². The molecule has 1 spiro atoms. The van der Waals surface area contributed by atoms with Crippen LogP contribution in [0.15, 0.2) is 56.5 Å². The summed E-state index contributed by atoms with van der Waals surface area (Å²) in [6.45, 7) is 0. The number of methoxy groups -OCH3 is 2. The molecule has 2 atom stereocenters. The van der Waals surface area contributed by atoms with Crippen LogP contribution in [0.1, 0.15) is 68.9 Å². The molecule has 0 N–H and O–H groups in total. The van der Waals surface area contributed by atoms with Crippen LogP contribution in [0, 0.1) is 5.92 Å². The van der Waals surface area contributed by atoms with E-state index in [-0.39, 0.29) is 21.3 Å². The Morgan fingerprint density at radius 2 is 1.56 bits per heavy atom. The number of thiophene rings is 1. The third-order valence-electron chi connectivity index (χ3n) is 8.92. The summed E-state index contributed by atoms with van der Waals surface area (Å²) in [7, 11) is -0.826. The van der Waals surface area contributed by atoms with E-state index in [0.29, 0.717) is 5.75 Å². The van der Waals surface area contributed by atoms with Crippen molar-refractivity contribution in [3.05, 3.63) is 63.4 Å². The van der Waals surface area contributed by atoms with E-state index in [9.17, 15) is 8.42 Å². The minimum Gasteiger partial charge on any atom is -0.497 e. The first kappa shape index (κ1) is 27.0. The van der Waals surface area contributed by atoms with Crippen molar-refractivity contribution in [2.24, 2.45) is 5.92 Å². The summed E-state index contributed by atoms with van der Waals surface area (Å²) in [6, 6.07) is 15.0. The first-order valence-electron chi connectivity index (χ1n) is 13.6. The van der Waals surface area contributed by atoms with Gasteiger partial charge in [-0.3, -0.25) is 0 Å². The fourth-order valence-electron chi connectivity index (χ4n) is 7.31. The molecule has 1 aromatic heterocycles. The quantitative estimate of drug-likeness (QED) is 0.257. The molecule has 39 heavy (non-hydrogen) atoms. The predicted molar refractivity (Wildman–Crippen MR) is 155 cm³/mol. The molecule has 0 saturated heterocycles. The van der Waals surface area contributed by atoms with E-state index in [1.807, 2.05) is 24.3 Å². The molecule has 3 aromatic rings. The molecule has 3 aliphatic rings. The maximum Gasteiger partial charge on any atom is 0.348 e. The van der Waals surface area contributed by atoms with Crippen molar-refractivity contribution in [1.82, 2.24) is 0 Å². The van der Waals surface area contributed by atoms with Gasteiger partial charge in [-0.1, -0.05) is 31.7 Å². The van der Waals surface area contributed by atoms with E-state index in [0.717, 1.165) is 70.7 Å². The van der Waals surface area contributed by atoms with Crippen molar-refractivity contribution in [3.63, 3.8) is 0 Å². The van der Waals surface area contributed by atoms with E-state index in [1.54, 1.807) is 32.4 Å². The van der Waals surface area contributed by atoms with Crippen molar-refractivity contribution in [2.75, 3.05) is 14.2 Å². The average molecular weight is 634 g/mol. The molecule has 2 heterocycles. The first-order chi connectivity index (χ1) is 18.8. The molecule has 2 saturated carbocycles. The van der Waals surface area contributed by atoms with Crippen LogP contribution < -0.4 is 18.4 Å². The van der Waals surface area contributed by atoms with Gasteiger partial charge < -0.3 is 18.4 Å². The summed E-state index contributed by atoms with van der Waals surface area (Å²) >= 11 is 4.50. The fourth-order valence-corrected chi connectivity index (χ4v) is 10.2. The van der Waals surface area contributed by atoms with Gasteiger partial charge >= 0.3 is 10.1 Å². The maximum atomic E-state index is 13.5. The van der Waals surface area contributed by atoms with Gasteiger partial charge in [0, 0.05) is 34.6 Å². The van der Waals surface area contributed by atoms with Gasteiger partial charge in [0.1, 0.15) is 22.8 Å². The SMILES string of the molecule is COc1ccc2c(c1)O[C@]1(c3ccc(OC)cc3OS(=O)(=O)c3ccc(Br)s3)CCCC[C@@H]1C21CCCCC1. The molecular weight excluding hydrogens is 600 g/mol. The monoisotopic (exact) mass is 632 g/mol. The summed E-state index contributed by atoms with van der Waals surface area (Å²) in [5.74, 6) is 2.57. The van der Waals surface area contributed by atoms with Gasteiger partial charge in [-0.15, -0.1) is 11.3 Å². The molecule has 2 aromatic carbocycles. The van der Waals surface area contributed by atoms with Crippen molar-refractivity contribution in [1.29, 1.82) is 0 Å². The van der Waals surface area contributed by atoms with Crippen molar-refractivity contribution >= 4 is 37.4 Å². The average Bonchev–Trinajstić information content (AvgIpc) is 3.40. The zero-order valence-corrected chi connectivity index (χ0v) is 25.4. The largest absolute Gasteiger partial charge is 0.497 e. The highest BCUT2D eigenvalue weighted by Gasteiger charge is 2.60. The number of hydrogen-bond donors (Lipinski definition) is 0. The van der Waals surface area contributed by atoms with Crippen LogP contribution in [0.5, 0.6) is 23.0 Å². The molecule has 9 heteroatoms. The third-order valence-corrected chi connectivity index (χ3v) is 12.2. The van der Waals surface area contributed by atoms with Gasteiger partial charge in [0.25, 0.3) is 0 Å². The third kappa shape index (κ3) is 4.54. The Balaban J connectivity index is 1.55. The van der Waals surface area contributed by atoms with Crippen LogP contribution in [0.25, 0.3) is 0 Å². The number of benzene rings is 2. The van der Waals surface area contributed by atoms with E-state index in [1.165, 1.54) is 24.8 Å². The number of fused-ring (bicyclic) bond motifs is 4. The Kier molecular flexibility index (Phi) is 7.13. The minimum absolute atomic E-state index is 0.0484. The zero-order chi connectivity index (χ0) is 27.3. The predicted octanol–water partition coefficient (Wildman–Crippen LogP) is 7.98. The highest BCUT2D eigenvalue weighted by Crippen LogP contribution is 2.64. The summed E-state index contributed by atoms with van der Waals surface area (Å²) < 4.78 is 52.0. The molecule has 2 aliphatic carbocycles. The van der Waals surface area contributed by atoms with Crippen LogP contribution >= 0.6 is 27.3 Å². The van der Waals surface area contributed by atoms with Crippen molar-refractivity contribution < 1.29 is 26.8 Å². The molecule has 0 amide bonds. The Morgan fingerprint density at radius 1 is 0.872 bits per heavy atom. The van der Waals surface area contributed by atoms with Gasteiger partial charge in [-0.2, -0.15) is 8.42 Å². The van der Waals surface area contributed by atoms with Crippen LogP contribution in [0.4, 0.5) is 0 Å². The second-order valence-corrected chi connectivity index (χ2v) is 15.1. The number of hydrogen-bond acceptors (Lipinski definition) is 7. The van der Waals surface area contributed by atoms with E-state index >= 15 is 0 Å². The highest BCUT2D eigenvalue weighted by molar-refractivity contribution is 9.11. The topological polar surface area (TPSA) is 71.1 Å². The number of ether oxygens (including phenoxy) is 3. The molecule has 1 aliphatic heterocycles. The molecule has 6 rings (SSSR count). The molecule has 208 valence electrons. The van der Waals surface area contributed by atoms with Gasteiger partial charge in [0.05, 0.1) is 18.0 Å². The Bertz CT molecular complexity index is 1480. The lowest BCUT2D eigenvalue weighted by Crippen LogP contribution is -2.57. The fraction of sp³-hybridized carbons (Fsp3) is 0.467. The highest BCUT2D eigenvalue weighted by atomic mass is 79.9. The van der Waals surface area contributed by atoms with Crippen LogP contribution in [-0.4, -0.2) is 22.6 Å². The Hall–Kier alpha value is -2.23. The number of rotatable bonds is 6. The summed E-state index contributed by atoms with van der Waals surface area (Å²) in [5.41, 5.74) is 1.25. The summed E-state index contributed by atoms with van der Waals surface area (Å²) in [5, 5.41) is 0. The van der Waals surface area contributed by atoms with E-state index < -0.39 is 15.7 Å². The molecule has 0 bridgehead atoms. The van der Waals surface area contributed by atoms with Crippen molar-refractivity contribution in [3.8, 4) is 23.0 Å². The standard InChI is InChI=1S/C30H33BrO6S2/c1-34-20-9-11-22-24(18-20)36-30(17-7-4-8-26(30)29(22)15-5-3-6-16-29)23-12-10-21(35-2)19-25(23)37-39(32,33)28-14-13-27(31)38-28/h9-14,18-19,26H,3-8,15-17H2,1-2H3/t26-,30+/m1/s1. The molecule has 2 fully saturated rings. The second kappa shape index (κ2) is 10.3. The van der Waals surface area contributed by atoms with Gasteiger partial charge in [-0.25, -0.2) is 0 Å². The summed E-state index contributed by atoms with van der Waals surface area (Å²) in [4.78, 5) is 0. The Labute approximate surface area is 242 Å². The first-order valence-corrected chi connectivity index (χ1v) is 16.6. The van der Waals surface area contributed by atoms with Crippen LogP contribution in [0.3, 0.4) is 0 Å². The zero-order valence-electron chi connectivity index (χ0n) is 22.2. The minimum atomic E-state index is -4.07. The lowest BCUT2D eigenvalue weighted by atomic mass is 9.51. The van der Waals surface area contributed by atoms with Gasteiger partial charge in [0.2, 0.25) is 0 Å². The molecule has 0 radical (unpaired) electrons. The molecule has 0 unspecified atom stereocenters. The Morgan fingerprint density at radius 3 is 2.26 bits per heavy atom. The second-order valence-electron chi connectivity index (χ2n) is 10.8. The lowest BCUT2D eigenvalue weighted by molar-refractivity contribution is -0.0956. The van der Waals surface area contributed by atoms with Gasteiger partial charge in [-0.05, 0) is 78.4 Å². The maximum absolute atomic E-state index is 13.5. The van der Waals surface area contributed by atoms with Gasteiger partial charge in [0.15, 0.2) is 9.96 Å².